The lowest BCUT2D eigenvalue weighted by Crippen LogP contribution is -2.48. The minimum atomic E-state index is -0.389. The van der Waals surface area contributed by atoms with Gasteiger partial charge in [-0.2, -0.15) is 0 Å². The maximum absolute atomic E-state index is 13.9. The van der Waals surface area contributed by atoms with Gasteiger partial charge in [0.2, 0.25) is 5.91 Å². The Morgan fingerprint density at radius 1 is 1.41 bits per heavy atom. The van der Waals surface area contributed by atoms with Crippen molar-refractivity contribution in [3.05, 3.63) is 51.7 Å². The van der Waals surface area contributed by atoms with Crippen molar-refractivity contribution in [1.82, 2.24) is 14.8 Å². The van der Waals surface area contributed by atoms with E-state index in [2.05, 4.69) is 9.88 Å². The molecule has 1 spiro atoms. The van der Waals surface area contributed by atoms with Crippen LogP contribution in [0.4, 0.5) is 4.39 Å². The first-order valence-corrected chi connectivity index (χ1v) is 12.3. The van der Waals surface area contributed by atoms with Gasteiger partial charge in [-0.25, -0.2) is 9.37 Å². The minimum absolute atomic E-state index is 0.147. The summed E-state index contributed by atoms with van der Waals surface area (Å²) in [4.78, 5) is 22.1. The summed E-state index contributed by atoms with van der Waals surface area (Å²) in [6.45, 7) is 4.23. The Morgan fingerprint density at radius 3 is 2.97 bits per heavy atom. The van der Waals surface area contributed by atoms with Gasteiger partial charge in [0, 0.05) is 45.1 Å². The summed E-state index contributed by atoms with van der Waals surface area (Å²) < 4.78 is 25.6. The third-order valence-electron chi connectivity index (χ3n) is 7.30. The number of halogens is 1. The largest absolute Gasteiger partial charge is 0.379 e. The number of nitrogens with zero attached hydrogens (tertiary/aromatic N) is 3. The molecule has 1 aromatic heterocycles. The van der Waals surface area contributed by atoms with Gasteiger partial charge in [-0.1, -0.05) is 6.07 Å². The fourth-order valence-corrected chi connectivity index (χ4v) is 5.90. The number of aromatic nitrogens is 1. The molecular formula is C24H30FN3O3S. The van der Waals surface area contributed by atoms with Gasteiger partial charge in [0.25, 0.3) is 0 Å². The number of hydrogen-bond donors (Lipinski definition) is 0. The zero-order chi connectivity index (χ0) is 22.1. The lowest BCUT2D eigenvalue weighted by atomic mass is 9.83. The Morgan fingerprint density at radius 2 is 2.25 bits per heavy atom. The first-order chi connectivity index (χ1) is 15.5. The van der Waals surface area contributed by atoms with Crippen LogP contribution < -0.4 is 0 Å². The molecule has 0 N–H and O–H groups in total. The highest BCUT2D eigenvalue weighted by atomic mass is 32.1. The molecule has 2 atom stereocenters. The van der Waals surface area contributed by atoms with Crippen molar-refractivity contribution in [3.63, 3.8) is 0 Å². The highest BCUT2D eigenvalue weighted by molar-refractivity contribution is 7.07. The second kappa shape index (κ2) is 9.17. The average molecular weight is 460 g/mol. The topological polar surface area (TPSA) is 54.9 Å². The highest BCUT2D eigenvalue weighted by Crippen LogP contribution is 2.44. The normalized spacial score (nSPS) is 23.4. The number of ether oxygens (including phenoxy) is 2. The van der Waals surface area contributed by atoms with Gasteiger partial charge in [-0.15, -0.1) is 11.3 Å². The fraction of sp³-hybridized carbons (Fsp3) is 0.583. The quantitative estimate of drug-likeness (QED) is 0.664. The summed E-state index contributed by atoms with van der Waals surface area (Å²) in [6, 6.07) is 5.15. The Labute approximate surface area is 192 Å². The van der Waals surface area contributed by atoms with Gasteiger partial charge in [0.15, 0.2) is 0 Å². The summed E-state index contributed by atoms with van der Waals surface area (Å²) >= 11 is 1.56. The maximum Gasteiger partial charge on any atom is 0.227 e. The van der Waals surface area contributed by atoms with Gasteiger partial charge in [-0.05, 0) is 42.5 Å². The van der Waals surface area contributed by atoms with Crippen molar-refractivity contribution in [3.8, 4) is 0 Å². The van der Waals surface area contributed by atoms with Crippen molar-refractivity contribution in [2.24, 2.45) is 5.92 Å². The van der Waals surface area contributed by atoms with Crippen LogP contribution in [0.25, 0.3) is 0 Å². The van der Waals surface area contributed by atoms with E-state index in [1.165, 1.54) is 6.07 Å². The number of hydrogen-bond acceptors (Lipinski definition) is 6. The molecule has 1 amide bonds. The molecule has 2 fully saturated rings. The van der Waals surface area contributed by atoms with Crippen LogP contribution >= 0.6 is 11.3 Å². The molecule has 3 aliphatic rings. The molecule has 2 saturated heterocycles. The average Bonchev–Trinajstić information content (AvgIpc) is 3.57. The Bertz CT molecular complexity index is 940. The number of thiazole rings is 1. The van der Waals surface area contributed by atoms with Crippen molar-refractivity contribution < 1.29 is 18.7 Å². The van der Waals surface area contributed by atoms with Gasteiger partial charge < -0.3 is 19.3 Å². The van der Waals surface area contributed by atoms with Gasteiger partial charge in [0.1, 0.15) is 5.82 Å². The molecule has 32 heavy (non-hydrogen) atoms. The van der Waals surface area contributed by atoms with Crippen LogP contribution in [0.2, 0.25) is 0 Å². The van der Waals surface area contributed by atoms with Crippen LogP contribution in [-0.4, -0.2) is 66.6 Å². The standard InChI is InChI=1S/C24H30FN3O3S/c1-27(21-4-9-30-14-21)23(29)18(10-20-15-32-16-26-20)12-28-7-5-24(6-8-28)22-11-19(25)3-2-17(22)13-31-24/h2-3,11,15-16,18,21H,4-10,12-14H2,1H3. The first kappa shape index (κ1) is 21.9. The van der Waals surface area contributed by atoms with Gasteiger partial charge in [0.05, 0.1) is 42.0 Å². The molecule has 0 bridgehead atoms. The summed E-state index contributed by atoms with van der Waals surface area (Å²) in [7, 11) is 1.90. The van der Waals surface area contributed by atoms with Gasteiger partial charge >= 0.3 is 0 Å². The van der Waals surface area contributed by atoms with Crippen molar-refractivity contribution >= 4 is 17.2 Å². The van der Waals surface area contributed by atoms with E-state index in [1.807, 2.05) is 28.9 Å². The van der Waals surface area contributed by atoms with E-state index in [9.17, 15) is 9.18 Å². The molecule has 0 saturated carbocycles. The van der Waals surface area contributed by atoms with E-state index in [1.54, 1.807) is 17.4 Å². The number of rotatable bonds is 6. The van der Waals surface area contributed by atoms with E-state index in [0.717, 1.165) is 55.8 Å². The van der Waals surface area contributed by atoms with Crippen molar-refractivity contribution in [2.75, 3.05) is 39.9 Å². The fourth-order valence-electron chi connectivity index (χ4n) is 5.33. The summed E-state index contributed by atoms with van der Waals surface area (Å²) in [5, 5.41) is 2.03. The van der Waals surface area contributed by atoms with E-state index in [-0.39, 0.29) is 29.3 Å². The number of likely N-dealkylation sites (N-methyl/N-ethyl adjacent to an activating group) is 1. The molecule has 172 valence electrons. The van der Waals surface area contributed by atoms with Crippen LogP contribution in [0.1, 0.15) is 36.1 Å². The smallest absolute Gasteiger partial charge is 0.227 e. The number of amides is 1. The Kier molecular flexibility index (Phi) is 6.29. The number of piperidine rings is 1. The summed E-state index contributed by atoms with van der Waals surface area (Å²) in [5.74, 6) is -0.187. The van der Waals surface area contributed by atoms with Crippen molar-refractivity contribution in [2.45, 2.75) is 43.9 Å². The zero-order valence-electron chi connectivity index (χ0n) is 18.5. The molecule has 8 heteroatoms. The molecule has 3 aliphatic heterocycles. The van der Waals surface area contributed by atoms with E-state index in [4.69, 9.17) is 9.47 Å². The number of fused-ring (bicyclic) bond motifs is 2. The van der Waals surface area contributed by atoms with E-state index < -0.39 is 0 Å². The molecular weight excluding hydrogens is 429 g/mol. The maximum atomic E-state index is 13.9. The third kappa shape index (κ3) is 4.33. The minimum Gasteiger partial charge on any atom is -0.379 e. The molecule has 4 heterocycles. The summed E-state index contributed by atoms with van der Waals surface area (Å²) in [5.41, 5.74) is 4.51. The van der Waals surface area contributed by atoms with Gasteiger partial charge in [-0.3, -0.25) is 4.79 Å². The monoisotopic (exact) mass is 459 g/mol. The van der Waals surface area contributed by atoms with E-state index in [0.29, 0.717) is 26.2 Å². The predicted molar refractivity (Wildman–Crippen MR) is 120 cm³/mol. The SMILES string of the molecule is CN(C(=O)C(Cc1cscn1)CN1CCC2(CC1)OCc1ccc(F)cc12)C1CCOC1. The molecule has 6 nitrogen and oxygen atoms in total. The lowest BCUT2D eigenvalue weighted by molar-refractivity contribution is -0.137. The summed E-state index contributed by atoms with van der Waals surface area (Å²) in [6.07, 6.45) is 3.17. The number of benzene rings is 1. The lowest BCUT2D eigenvalue weighted by Gasteiger charge is -2.40. The van der Waals surface area contributed by atoms with Crippen LogP contribution in [0.5, 0.6) is 0 Å². The first-order valence-electron chi connectivity index (χ1n) is 11.4. The predicted octanol–water partition coefficient (Wildman–Crippen LogP) is 3.21. The van der Waals surface area contributed by atoms with E-state index >= 15 is 0 Å². The Balaban J connectivity index is 1.26. The molecule has 1 aromatic carbocycles. The van der Waals surface area contributed by atoms with Crippen molar-refractivity contribution in [1.29, 1.82) is 0 Å². The highest BCUT2D eigenvalue weighted by Gasteiger charge is 2.43. The zero-order valence-corrected chi connectivity index (χ0v) is 19.3. The second-order valence-electron chi connectivity index (χ2n) is 9.23. The molecule has 5 rings (SSSR count). The third-order valence-corrected chi connectivity index (χ3v) is 7.93. The molecule has 0 radical (unpaired) electrons. The number of carbonyl (C=O) groups excluding carboxylic acids is 1. The number of likely N-dealkylation sites (tertiary alicyclic amines) is 1. The van der Waals surface area contributed by atoms with Crippen LogP contribution in [0.15, 0.2) is 29.1 Å². The van der Waals surface area contributed by atoms with Crippen LogP contribution in [-0.2, 0) is 32.9 Å². The van der Waals surface area contributed by atoms with Crippen LogP contribution in [0, 0.1) is 11.7 Å². The number of carbonyl (C=O) groups is 1. The van der Waals surface area contributed by atoms with Crippen LogP contribution in [0.3, 0.4) is 0 Å². The molecule has 0 aliphatic carbocycles. The Hall–Kier alpha value is -1.87. The molecule has 2 aromatic rings. The molecule has 2 unspecified atom stereocenters. The second-order valence-corrected chi connectivity index (χ2v) is 9.95.